The van der Waals surface area contributed by atoms with Crippen LogP contribution in [0.4, 0.5) is 18.0 Å². The van der Waals surface area contributed by atoms with Gasteiger partial charge in [-0.2, -0.15) is 13.2 Å². The van der Waals surface area contributed by atoms with Crippen LogP contribution in [0.25, 0.3) is 6.08 Å². The Balaban J connectivity index is 2.42. The fourth-order valence-electron chi connectivity index (χ4n) is 1.61. The number of nitrogens with one attached hydrogen (secondary N) is 1. The number of hydrogen-bond acceptors (Lipinski definition) is 2. The molecule has 1 aromatic rings. The van der Waals surface area contributed by atoms with Crippen molar-refractivity contribution in [2.75, 3.05) is 6.54 Å². The minimum Gasteiger partial charge on any atom is -0.444 e. The van der Waals surface area contributed by atoms with E-state index < -0.39 is 23.4 Å². The predicted molar refractivity (Wildman–Crippen MR) is 79.3 cm³/mol. The number of carbonyl (C=O) groups excluding carboxylic acids is 1. The van der Waals surface area contributed by atoms with Crippen LogP contribution >= 0.6 is 0 Å². The van der Waals surface area contributed by atoms with Gasteiger partial charge in [-0.25, -0.2) is 4.79 Å². The van der Waals surface area contributed by atoms with Gasteiger partial charge in [0, 0.05) is 6.54 Å². The highest BCUT2D eigenvalue weighted by molar-refractivity contribution is 5.67. The van der Waals surface area contributed by atoms with E-state index in [0.717, 1.165) is 12.1 Å². The lowest BCUT2D eigenvalue weighted by Crippen LogP contribution is -2.32. The van der Waals surface area contributed by atoms with Crippen LogP contribution < -0.4 is 5.32 Å². The number of alkyl halides is 3. The first kappa shape index (κ1) is 18.1. The standard InChI is InChI=1S/C16H20F3NO2/c1-15(2,3)22-14(21)20-10-5-4-7-12-8-6-9-13(11-12)16(17,18)19/h4,6-9,11H,5,10H2,1-3H3,(H,20,21). The van der Waals surface area contributed by atoms with Crippen LogP contribution in [0.1, 0.15) is 38.3 Å². The maximum Gasteiger partial charge on any atom is 0.416 e. The molecule has 0 aliphatic heterocycles. The van der Waals surface area contributed by atoms with Crippen LogP contribution in [0, 0.1) is 0 Å². The Morgan fingerprint density at radius 1 is 1.27 bits per heavy atom. The zero-order valence-electron chi connectivity index (χ0n) is 12.8. The molecule has 3 nitrogen and oxygen atoms in total. The van der Waals surface area contributed by atoms with Crippen molar-refractivity contribution < 1.29 is 22.7 Å². The zero-order valence-corrected chi connectivity index (χ0v) is 12.8. The average Bonchev–Trinajstić information content (AvgIpc) is 2.35. The molecule has 122 valence electrons. The van der Waals surface area contributed by atoms with E-state index in [1.807, 2.05) is 0 Å². The zero-order chi connectivity index (χ0) is 16.8. The Labute approximate surface area is 128 Å². The van der Waals surface area contributed by atoms with E-state index in [1.54, 1.807) is 39.0 Å². The normalized spacial score (nSPS) is 12.5. The first-order valence-corrected chi connectivity index (χ1v) is 6.88. The van der Waals surface area contributed by atoms with Crippen LogP contribution in [0.2, 0.25) is 0 Å². The quantitative estimate of drug-likeness (QED) is 0.822. The first-order valence-electron chi connectivity index (χ1n) is 6.88. The second-order valence-electron chi connectivity index (χ2n) is 5.74. The van der Waals surface area contributed by atoms with Crippen molar-refractivity contribution in [2.24, 2.45) is 0 Å². The predicted octanol–water partition coefficient (Wildman–Crippen LogP) is 4.63. The van der Waals surface area contributed by atoms with Gasteiger partial charge in [0.05, 0.1) is 5.56 Å². The summed E-state index contributed by atoms with van der Waals surface area (Å²) in [6, 6.07) is 5.06. The van der Waals surface area contributed by atoms with Crippen LogP contribution in [0.15, 0.2) is 30.3 Å². The molecule has 0 radical (unpaired) electrons. The maximum atomic E-state index is 12.5. The van der Waals surface area contributed by atoms with Crippen molar-refractivity contribution in [1.82, 2.24) is 5.32 Å². The Morgan fingerprint density at radius 2 is 1.95 bits per heavy atom. The summed E-state index contributed by atoms with van der Waals surface area (Å²) in [5.41, 5.74) is -0.772. The maximum absolute atomic E-state index is 12.5. The molecule has 1 rings (SSSR count). The molecule has 22 heavy (non-hydrogen) atoms. The van der Waals surface area contributed by atoms with Gasteiger partial charge in [0.1, 0.15) is 5.60 Å². The number of alkyl carbamates (subject to hydrolysis) is 1. The van der Waals surface area contributed by atoms with E-state index in [9.17, 15) is 18.0 Å². The summed E-state index contributed by atoms with van der Waals surface area (Å²) in [7, 11) is 0. The molecule has 0 aromatic heterocycles. The van der Waals surface area contributed by atoms with Gasteiger partial charge in [0.2, 0.25) is 0 Å². The summed E-state index contributed by atoms with van der Waals surface area (Å²) in [5.74, 6) is 0. The van der Waals surface area contributed by atoms with Crippen LogP contribution in [-0.4, -0.2) is 18.2 Å². The van der Waals surface area contributed by atoms with Crippen molar-refractivity contribution in [2.45, 2.75) is 39.0 Å². The van der Waals surface area contributed by atoms with Gasteiger partial charge in [0.15, 0.2) is 0 Å². The van der Waals surface area contributed by atoms with E-state index in [-0.39, 0.29) is 0 Å². The molecule has 0 saturated heterocycles. The molecule has 6 heteroatoms. The highest BCUT2D eigenvalue weighted by Gasteiger charge is 2.30. The summed E-state index contributed by atoms with van der Waals surface area (Å²) in [6.07, 6.45) is -1.07. The second kappa shape index (κ2) is 7.33. The summed E-state index contributed by atoms with van der Waals surface area (Å²) in [6.45, 7) is 5.64. The highest BCUT2D eigenvalue weighted by Crippen LogP contribution is 2.29. The third-order valence-electron chi connectivity index (χ3n) is 2.50. The van der Waals surface area contributed by atoms with Gasteiger partial charge in [-0.3, -0.25) is 0 Å². The van der Waals surface area contributed by atoms with Crippen LogP contribution in [-0.2, 0) is 10.9 Å². The van der Waals surface area contributed by atoms with E-state index in [1.165, 1.54) is 6.07 Å². The summed E-state index contributed by atoms with van der Waals surface area (Å²) < 4.78 is 42.7. The Morgan fingerprint density at radius 3 is 2.55 bits per heavy atom. The van der Waals surface area contributed by atoms with Crippen molar-refractivity contribution in [1.29, 1.82) is 0 Å². The molecule has 0 heterocycles. The van der Waals surface area contributed by atoms with Crippen LogP contribution in [0.5, 0.6) is 0 Å². The number of ether oxygens (including phenoxy) is 1. The molecule has 0 bridgehead atoms. The van der Waals surface area contributed by atoms with Gasteiger partial charge in [-0.15, -0.1) is 0 Å². The largest absolute Gasteiger partial charge is 0.444 e. The molecule has 0 unspecified atom stereocenters. The van der Waals surface area contributed by atoms with Gasteiger partial charge < -0.3 is 10.1 Å². The highest BCUT2D eigenvalue weighted by atomic mass is 19.4. The Kier molecular flexibility index (Phi) is 6.02. The van der Waals surface area contributed by atoms with Crippen molar-refractivity contribution in [3.05, 3.63) is 41.5 Å². The summed E-state index contributed by atoms with van der Waals surface area (Å²) in [4.78, 5) is 11.4. The molecule has 0 spiro atoms. The summed E-state index contributed by atoms with van der Waals surface area (Å²) in [5, 5.41) is 2.57. The number of amides is 1. The number of hydrogen-bond donors (Lipinski definition) is 1. The Bertz CT molecular complexity index is 531. The lowest BCUT2D eigenvalue weighted by molar-refractivity contribution is -0.137. The van der Waals surface area contributed by atoms with Gasteiger partial charge in [-0.05, 0) is 44.9 Å². The average molecular weight is 315 g/mol. The van der Waals surface area contributed by atoms with E-state index in [0.29, 0.717) is 18.5 Å². The van der Waals surface area contributed by atoms with E-state index in [4.69, 9.17) is 4.74 Å². The molecular formula is C16H20F3NO2. The number of rotatable bonds is 4. The van der Waals surface area contributed by atoms with Gasteiger partial charge >= 0.3 is 12.3 Å². The molecule has 0 saturated carbocycles. The minimum absolute atomic E-state index is 0.352. The molecule has 0 atom stereocenters. The van der Waals surface area contributed by atoms with E-state index >= 15 is 0 Å². The van der Waals surface area contributed by atoms with Gasteiger partial charge in [0.25, 0.3) is 0 Å². The molecule has 0 aliphatic carbocycles. The fraction of sp³-hybridized carbons (Fsp3) is 0.438. The lowest BCUT2D eigenvalue weighted by atomic mass is 10.1. The van der Waals surface area contributed by atoms with Crippen molar-refractivity contribution in [3.8, 4) is 0 Å². The molecule has 0 aliphatic rings. The molecule has 1 aromatic carbocycles. The van der Waals surface area contributed by atoms with Crippen molar-refractivity contribution in [3.63, 3.8) is 0 Å². The monoisotopic (exact) mass is 315 g/mol. The van der Waals surface area contributed by atoms with Gasteiger partial charge in [-0.1, -0.05) is 24.3 Å². The lowest BCUT2D eigenvalue weighted by Gasteiger charge is -2.19. The number of benzene rings is 1. The van der Waals surface area contributed by atoms with Crippen LogP contribution in [0.3, 0.4) is 0 Å². The molecule has 0 fully saturated rings. The molecule has 1 N–H and O–H groups in total. The molecular weight excluding hydrogens is 295 g/mol. The van der Waals surface area contributed by atoms with E-state index in [2.05, 4.69) is 5.32 Å². The fourth-order valence-corrected chi connectivity index (χ4v) is 1.61. The Hall–Kier alpha value is -1.98. The van der Waals surface area contributed by atoms with Crippen molar-refractivity contribution >= 4 is 12.2 Å². The smallest absolute Gasteiger partial charge is 0.416 e. The third-order valence-corrected chi connectivity index (χ3v) is 2.50. The first-order chi connectivity index (χ1) is 10.1. The minimum atomic E-state index is -4.35. The molecule has 1 amide bonds. The topological polar surface area (TPSA) is 38.3 Å². The second-order valence-corrected chi connectivity index (χ2v) is 5.74. The SMILES string of the molecule is CC(C)(C)OC(=O)NCCC=Cc1cccc(C(F)(F)F)c1. The summed E-state index contributed by atoms with van der Waals surface area (Å²) >= 11 is 0. The third kappa shape index (κ3) is 7.15. The number of carbonyl (C=O) groups is 1. The number of halogens is 3.